The molecule has 2 aromatic carbocycles. The Hall–Kier alpha value is -3.75. The van der Waals surface area contributed by atoms with Crippen molar-refractivity contribution in [2.24, 2.45) is 0 Å². The van der Waals surface area contributed by atoms with E-state index < -0.39 is 34.9 Å². The van der Waals surface area contributed by atoms with E-state index in [1.807, 2.05) is 19.1 Å². The lowest BCUT2D eigenvalue weighted by Crippen LogP contribution is -2.42. The molecule has 9 nitrogen and oxygen atoms in total. The van der Waals surface area contributed by atoms with Gasteiger partial charge in [0.2, 0.25) is 5.91 Å². The first-order chi connectivity index (χ1) is 13.6. The number of nitro benzene ring substituents is 1. The summed E-state index contributed by atoms with van der Waals surface area (Å²) >= 11 is 0. The number of amides is 4. The van der Waals surface area contributed by atoms with Gasteiger partial charge in [-0.2, -0.15) is 0 Å². The molecule has 0 unspecified atom stereocenters. The van der Waals surface area contributed by atoms with E-state index >= 15 is 0 Å². The summed E-state index contributed by atoms with van der Waals surface area (Å²) in [6.45, 7) is 4.61. The number of nitro groups is 1. The van der Waals surface area contributed by atoms with Gasteiger partial charge in [0.15, 0.2) is 0 Å². The summed E-state index contributed by atoms with van der Waals surface area (Å²) in [5, 5.41) is 16.2. The molecule has 0 bridgehead atoms. The zero-order chi connectivity index (χ0) is 21.3. The molecule has 150 valence electrons. The number of urea groups is 1. The minimum Gasteiger partial charge on any atom is -0.319 e. The molecule has 0 spiro atoms. The average molecular weight is 396 g/mol. The van der Waals surface area contributed by atoms with E-state index in [1.54, 1.807) is 32.0 Å². The average Bonchev–Trinajstić information content (AvgIpc) is 2.87. The molecule has 1 heterocycles. The zero-order valence-corrected chi connectivity index (χ0v) is 16.2. The highest BCUT2D eigenvalue weighted by Gasteiger charge is 2.49. The third kappa shape index (κ3) is 3.79. The summed E-state index contributed by atoms with van der Waals surface area (Å²) in [7, 11) is 0. The van der Waals surface area contributed by atoms with E-state index in [4.69, 9.17) is 0 Å². The van der Waals surface area contributed by atoms with Crippen LogP contribution in [0.2, 0.25) is 0 Å². The lowest BCUT2D eigenvalue weighted by atomic mass is 9.91. The molecule has 2 aromatic rings. The number of hydrogen-bond donors (Lipinski definition) is 2. The first-order valence-corrected chi connectivity index (χ1v) is 8.88. The van der Waals surface area contributed by atoms with E-state index in [1.165, 1.54) is 12.1 Å². The Labute approximate surface area is 166 Å². The van der Waals surface area contributed by atoms with Crippen LogP contribution in [-0.4, -0.2) is 34.2 Å². The van der Waals surface area contributed by atoms with Crippen LogP contribution in [0.15, 0.2) is 42.5 Å². The summed E-state index contributed by atoms with van der Waals surface area (Å²) in [6.07, 6.45) is 0. The van der Waals surface area contributed by atoms with Crippen molar-refractivity contribution in [2.75, 3.05) is 11.9 Å². The van der Waals surface area contributed by atoms with Gasteiger partial charge in [-0.3, -0.25) is 24.6 Å². The molecule has 1 aliphatic heterocycles. The fourth-order valence-corrected chi connectivity index (χ4v) is 3.15. The van der Waals surface area contributed by atoms with Crippen LogP contribution in [0.4, 0.5) is 16.2 Å². The molecule has 29 heavy (non-hydrogen) atoms. The zero-order valence-electron chi connectivity index (χ0n) is 16.2. The van der Waals surface area contributed by atoms with Crippen molar-refractivity contribution in [3.63, 3.8) is 0 Å². The van der Waals surface area contributed by atoms with Crippen molar-refractivity contribution in [1.29, 1.82) is 0 Å². The molecule has 1 fully saturated rings. The molecule has 3 rings (SSSR count). The number of nitrogens with one attached hydrogen (secondary N) is 2. The number of carbonyl (C=O) groups is 3. The molecular weight excluding hydrogens is 376 g/mol. The van der Waals surface area contributed by atoms with Crippen LogP contribution in [0.1, 0.15) is 23.6 Å². The maximum Gasteiger partial charge on any atom is 0.325 e. The molecule has 0 saturated carbocycles. The molecule has 1 saturated heterocycles. The van der Waals surface area contributed by atoms with Crippen molar-refractivity contribution in [3.8, 4) is 0 Å². The normalized spacial score (nSPS) is 18.5. The Morgan fingerprint density at radius 2 is 1.76 bits per heavy atom. The quantitative estimate of drug-likeness (QED) is 0.457. The largest absolute Gasteiger partial charge is 0.325 e. The van der Waals surface area contributed by atoms with Crippen molar-refractivity contribution in [2.45, 2.75) is 26.3 Å². The number of benzene rings is 2. The van der Waals surface area contributed by atoms with Gasteiger partial charge in [0, 0.05) is 6.07 Å². The Morgan fingerprint density at radius 1 is 1.14 bits per heavy atom. The first kappa shape index (κ1) is 20.0. The third-order valence-electron chi connectivity index (χ3n) is 4.83. The van der Waals surface area contributed by atoms with Crippen LogP contribution in [0.5, 0.6) is 0 Å². The monoisotopic (exact) mass is 396 g/mol. The van der Waals surface area contributed by atoms with Crippen molar-refractivity contribution in [1.82, 2.24) is 10.2 Å². The number of anilines is 1. The summed E-state index contributed by atoms with van der Waals surface area (Å²) in [5.74, 6) is -1.28. The highest BCUT2D eigenvalue weighted by molar-refractivity contribution is 6.10. The van der Waals surface area contributed by atoms with Crippen molar-refractivity contribution < 1.29 is 19.3 Å². The standard InChI is InChI=1S/C20H20N4O5/c1-12-4-7-14(8-5-12)20(3)18(26)23(19(27)22-20)11-17(25)21-15-9-6-13(2)10-16(15)24(28)29/h4-10H,11H2,1-3H3,(H,21,25)(H,22,27)/t20-/m1/s1. The van der Waals surface area contributed by atoms with Crippen LogP contribution in [0, 0.1) is 24.0 Å². The Kier molecular flexibility index (Phi) is 5.06. The van der Waals surface area contributed by atoms with E-state index in [2.05, 4.69) is 10.6 Å². The minimum absolute atomic E-state index is 0.000972. The molecule has 2 N–H and O–H groups in total. The van der Waals surface area contributed by atoms with E-state index in [0.29, 0.717) is 11.1 Å². The summed E-state index contributed by atoms with van der Waals surface area (Å²) in [5.41, 5.74) is 0.709. The molecule has 4 amide bonds. The summed E-state index contributed by atoms with van der Waals surface area (Å²) in [4.78, 5) is 49.0. The summed E-state index contributed by atoms with van der Waals surface area (Å²) < 4.78 is 0. The Morgan fingerprint density at radius 3 is 2.38 bits per heavy atom. The molecule has 0 radical (unpaired) electrons. The maximum atomic E-state index is 12.9. The number of nitrogens with zero attached hydrogens (tertiary/aromatic N) is 2. The number of carbonyl (C=O) groups excluding carboxylic acids is 3. The molecule has 1 atom stereocenters. The van der Waals surface area contributed by atoms with Crippen LogP contribution in [0.25, 0.3) is 0 Å². The number of hydrogen-bond acceptors (Lipinski definition) is 5. The Balaban J connectivity index is 1.78. The number of imide groups is 1. The van der Waals surface area contributed by atoms with Crippen LogP contribution in [-0.2, 0) is 15.1 Å². The van der Waals surface area contributed by atoms with Gasteiger partial charge in [0.1, 0.15) is 17.8 Å². The smallest absolute Gasteiger partial charge is 0.319 e. The van der Waals surface area contributed by atoms with Gasteiger partial charge in [-0.25, -0.2) is 4.79 Å². The van der Waals surface area contributed by atoms with Gasteiger partial charge < -0.3 is 10.6 Å². The van der Waals surface area contributed by atoms with Gasteiger partial charge in [0.25, 0.3) is 11.6 Å². The van der Waals surface area contributed by atoms with Gasteiger partial charge >= 0.3 is 6.03 Å². The van der Waals surface area contributed by atoms with E-state index in [9.17, 15) is 24.5 Å². The van der Waals surface area contributed by atoms with Gasteiger partial charge in [-0.05, 0) is 38.0 Å². The van der Waals surface area contributed by atoms with Crippen LogP contribution < -0.4 is 10.6 Å². The minimum atomic E-state index is -1.29. The highest BCUT2D eigenvalue weighted by Crippen LogP contribution is 2.29. The predicted molar refractivity (Wildman–Crippen MR) is 105 cm³/mol. The van der Waals surface area contributed by atoms with E-state index in [-0.39, 0.29) is 11.4 Å². The van der Waals surface area contributed by atoms with Crippen LogP contribution >= 0.6 is 0 Å². The second-order valence-electron chi connectivity index (χ2n) is 7.14. The topological polar surface area (TPSA) is 122 Å². The van der Waals surface area contributed by atoms with Gasteiger partial charge in [-0.1, -0.05) is 35.9 Å². The third-order valence-corrected chi connectivity index (χ3v) is 4.83. The molecular formula is C20H20N4O5. The summed E-state index contributed by atoms with van der Waals surface area (Å²) in [6, 6.07) is 10.8. The van der Waals surface area contributed by atoms with Crippen LogP contribution in [0.3, 0.4) is 0 Å². The number of rotatable bonds is 5. The lowest BCUT2D eigenvalue weighted by molar-refractivity contribution is -0.384. The predicted octanol–water partition coefficient (Wildman–Crippen LogP) is 2.62. The lowest BCUT2D eigenvalue weighted by Gasteiger charge is -2.22. The molecule has 0 aliphatic carbocycles. The molecule has 1 aliphatic rings. The molecule has 9 heteroatoms. The second kappa shape index (κ2) is 7.34. The van der Waals surface area contributed by atoms with E-state index in [0.717, 1.165) is 10.5 Å². The SMILES string of the molecule is Cc1ccc([C@@]2(C)NC(=O)N(CC(=O)Nc3ccc(C)cc3[N+](=O)[O-])C2=O)cc1. The second-order valence-corrected chi connectivity index (χ2v) is 7.14. The number of aryl methyl sites for hydroxylation is 2. The molecule has 0 aromatic heterocycles. The highest BCUT2D eigenvalue weighted by atomic mass is 16.6. The van der Waals surface area contributed by atoms with Gasteiger partial charge in [0.05, 0.1) is 4.92 Å². The van der Waals surface area contributed by atoms with Crippen molar-refractivity contribution in [3.05, 3.63) is 69.3 Å². The first-order valence-electron chi connectivity index (χ1n) is 8.88. The maximum absolute atomic E-state index is 12.9. The van der Waals surface area contributed by atoms with Gasteiger partial charge in [-0.15, -0.1) is 0 Å². The Bertz CT molecular complexity index is 1020. The fourth-order valence-electron chi connectivity index (χ4n) is 3.15. The van der Waals surface area contributed by atoms with Crippen molar-refractivity contribution >= 4 is 29.2 Å². The fraction of sp³-hybridized carbons (Fsp3) is 0.250.